The molecule has 0 aliphatic rings. The fraction of sp³-hybridized carbons (Fsp3) is 0.103. The molecule has 4 aromatic rings. The number of carbonyl (C=O) groups is 2. The molecule has 0 atom stereocenters. The maximum absolute atomic E-state index is 12.9. The topological polar surface area (TPSA) is 79.5 Å². The Bertz CT molecular complexity index is 1360. The number of para-hydroxylation sites is 2. The van der Waals surface area contributed by atoms with Gasteiger partial charge in [-0.25, -0.2) is 0 Å². The van der Waals surface area contributed by atoms with E-state index in [0.29, 0.717) is 45.8 Å². The summed E-state index contributed by atoms with van der Waals surface area (Å²) in [5.41, 5.74) is 3.33. The fourth-order valence-electron chi connectivity index (χ4n) is 3.53. The van der Waals surface area contributed by atoms with Crippen LogP contribution >= 0.6 is 23.2 Å². The molecule has 4 aromatic carbocycles. The van der Waals surface area contributed by atoms with Gasteiger partial charge in [0.1, 0.15) is 5.75 Å². The molecule has 6 nitrogen and oxygen atoms in total. The molecule has 0 heterocycles. The predicted octanol–water partition coefficient (Wildman–Crippen LogP) is 7.79. The normalized spacial score (nSPS) is 10.4. The van der Waals surface area contributed by atoms with Gasteiger partial charge in [0.05, 0.1) is 22.9 Å². The van der Waals surface area contributed by atoms with Gasteiger partial charge in [0.2, 0.25) is 5.91 Å². The first kappa shape index (κ1) is 26.1. The second kappa shape index (κ2) is 12.8. The van der Waals surface area contributed by atoms with Crippen molar-refractivity contribution in [3.63, 3.8) is 0 Å². The average Bonchev–Trinajstić information content (AvgIpc) is 2.89. The zero-order chi connectivity index (χ0) is 26.0. The highest BCUT2D eigenvalue weighted by Crippen LogP contribution is 2.27. The van der Waals surface area contributed by atoms with Gasteiger partial charge in [-0.15, -0.1) is 0 Å². The molecule has 4 rings (SSSR count). The SMILES string of the molecule is O=C(CCCOc1ccc(Cl)cc1Cl)Nc1ccccc1C(=O)Nc1ccc(Nc2ccccc2)cc1. The monoisotopic (exact) mass is 533 g/mol. The van der Waals surface area contributed by atoms with Crippen LogP contribution in [0.5, 0.6) is 5.75 Å². The minimum atomic E-state index is -0.319. The third-order valence-corrected chi connectivity index (χ3v) is 5.88. The molecule has 188 valence electrons. The van der Waals surface area contributed by atoms with Gasteiger partial charge in [-0.2, -0.15) is 0 Å². The third-order valence-electron chi connectivity index (χ3n) is 5.35. The van der Waals surface area contributed by atoms with Crippen molar-refractivity contribution in [2.24, 2.45) is 0 Å². The van der Waals surface area contributed by atoms with E-state index >= 15 is 0 Å². The predicted molar refractivity (Wildman–Crippen MR) is 150 cm³/mol. The van der Waals surface area contributed by atoms with E-state index < -0.39 is 0 Å². The lowest BCUT2D eigenvalue weighted by Gasteiger charge is -2.12. The molecular weight excluding hydrogens is 509 g/mol. The zero-order valence-electron chi connectivity index (χ0n) is 19.8. The summed E-state index contributed by atoms with van der Waals surface area (Å²) < 4.78 is 5.62. The van der Waals surface area contributed by atoms with Crippen LogP contribution in [0.3, 0.4) is 0 Å². The highest BCUT2D eigenvalue weighted by Gasteiger charge is 2.14. The summed E-state index contributed by atoms with van der Waals surface area (Å²) >= 11 is 12.0. The van der Waals surface area contributed by atoms with E-state index in [1.807, 2.05) is 54.6 Å². The van der Waals surface area contributed by atoms with E-state index in [9.17, 15) is 9.59 Å². The van der Waals surface area contributed by atoms with Crippen LogP contribution < -0.4 is 20.7 Å². The van der Waals surface area contributed by atoms with Crippen molar-refractivity contribution < 1.29 is 14.3 Å². The molecule has 0 aliphatic carbocycles. The number of amides is 2. The van der Waals surface area contributed by atoms with Gasteiger partial charge < -0.3 is 20.7 Å². The van der Waals surface area contributed by atoms with E-state index in [4.69, 9.17) is 27.9 Å². The molecule has 3 N–H and O–H groups in total. The molecule has 0 bridgehead atoms. The van der Waals surface area contributed by atoms with Crippen LogP contribution in [0.2, 0.25) is 10.0 Å². The average molecular weight is 534 g/mol. The molecule has 0 radical (unpaired) electrons. The molecule has 0 spiro atoms. The molecule has 37 heavy (non-hydrogen) atoms. The van der Waals surface area contributed by atoms with Crippen molar-refractivity contribution in [2.45, 2.75) is 12.8 Å². The van der Waals surface area contributed by atoms with Crippen molar-refractivity contribution in [3.8, 4) is 5.75 Å². The number of ether oxygens (including phenoxy) is 1. The van der Waals surface area contributed by atoms with Crippen LogP contribution in [-0.4, -0.2) is 18.4 Å². The molecule has 0 unspecified atom stereocenters. The second-order valence-electron chi connectivity index (χ2n) is 8.14. The Balaban J connectivity index is 1.29. The molecule has 0 aromatic heterocycles. The van der Waals surface area contributed by atoms with Crippen molar-refractivity contribution in [2.75, 3.05) is 22.6 Å². The van der Waals surface area contributed by atoms with Crippen molar-refractivity contribution in [1.29, 1.82) is 0 Å². The number of hydrogen-bond acceptors (Lipinski definition) is 4. The van der Waals surface area contributed by atoms with Crippen LogP contribution in [0.25, 0.3) is 0 Å². The van der Waals surface area contributed by atoms with Gasteiger partial charge >= 0.3 is 0 Å². The van der Waals surface area contributed by atoms with Gasteiger partial charge in [0.25, 0.3) is 5.91 Å². The minimum absolute atomic E-state index is 0.219. The Morgan fingerprint density at radius 2 is 1.41 bits per heavy atom. The number of halogens is 2. The van der Waals surface area contributed by atoms with Gasteiger partial charge in [-0.1, -0.05) is 53.5 Å². The van der Waals surface area contributed by atoms with Crippen molar-refractivity contribution >= 4 is 57.8 Å². The van der Waals surface area contributed by atoms with Crippen LogP contribution in [0.4, 0.5) is 22.7 Å². The lowest BCUT2D eigenvalue weighted by Crippen LogP contribution is -2.18. The summed E-state index contributed by atoms with van der Waals surface area (Å²) in [5, 5.41) is 9.95. The summed E-state index contributed by atoms with van der Waals surface area (Å²) in [7, 11) is 0. The fourth-order valence-corrected chi connectivity index (χ4v) is 4.00. The quantitative estimate of drug-likeness (QED) is 0.182. The first-order valence-corrected chi connectivity index (χ1v) is 12.4. The Labute approximate surface area is 225 Å². The van der Waals surface area contributed by atoms with E-state index in [0.717, 1.165) is 11.4 Å². The molecule has 0 fully saturated rings. The molecular formula is C29H25Cl2N3O3. The summed E-state index contributed by atoms with van der Waals surface area (Å²) in [5.74, 6) is -0.0276. The lowest BCUT2D eigenvalue weighted by molar-refractivity contribution is -0.116. The second-order valence-corrected chi connectivity index (χ2v) is 8.99. The summed E-state index contributed by atoms with van der Waals surface area (Å²) in [6.45, 7) is 0.312. The van der Waals surface area contributed by atoms with Crippen LogP contribution in [0, 0.1) is 0 Å². The minimum Gasteiger partial charge on any atom is -0.492 e. The number of rotatable bonds is 10. The number of nitrogens with one attached hydrogen (secondary N) is 3. The smallest absolute Gasteiger partial charge is 0.257 e. The van der Waals surface area contributed by atoms with E-state index in [-0.39, 0.29) is 18.2 Å². The zero-order valence-corrected chi connectivity index (χ0v) is 21.4. The first-order valence-electron chi connectivity index (χ1n) is 11.7. The van der Waals surface area contributed by atoms with Crippen LogP contribution in [0.1, 0.15) is 23.2 Å². The van der Waals surface area contributed by atoms with Crippen LogP contribution in [-0.2, 0) is 4.79 Å². The largest absolute Gasteiger partial charge is 0.492 e. The Morgan fingerprint density at radius 3 is 2.16 bits per heavy atom. The highest BCUT2D eigenvalue weighted by atomic mass is 35.5. The third kappa shape index (κ3) is 7.74. The Kier molecular flexibility index (Phi) is 9.03. The number of hydrogen-bond donors (Lipinski definition) is 3. The standard InChI is InChI=1S/C29H25Cl2N3O3/c30-20-12-17-27(25(31)19-20)37-18-6-11-28(35)34-26-10-5-4-9-24(26)29(36)33-23-15-13-22(14-16-23)32-21-7-2-1-3-8-21/h1-5,7-10,12-17,19,32H,6,11,18H2,(H,33,36)(H,34,35). The van der Waals surface area contributed by atoms with Gasteiger partial charge in [0, 0.05) is 28.5 Å². The molecule has 0 aliphatic heterocycles. The summed E-state index contributed by atoms with van der Waals surface area (Å²) in [4.78, 5) is 25.5. The summed E-state index contributed by atoms with van der Waals surface area (Å²) in [6, 6.07) is 29.1. The molecule has 8 heteroatoms. The number of anilines is 4. The number of benzene rings is 4. The molecule has 0 saturated carbocycles. The van der Waals surface area contributed by atoms with E-state index in [1.165, 1.54) is 0 Å². The van der Waals surface area contributed by atoms with E-state index in [2.05, 4.69) is 16.0 Å². The highest BCUT2D eigenvalue weighted by molar-refractivity contribution is 6.35. The lowest BCUT2D eigenvalue weighted by atomic mass is 10.1. The number of carbonyl (C=O) groups excluding carboxylic acids is 2. The maximum Gasteiger partial charge on any atom is 0.257 e. The molecule has 2 amide bonds. The molecule has 0 saturated heterocycles. The van der Waals surface area contributed by atoms with Crippen LogP contribution in [0.15, 0.2) is 97.1 Å². The first-order chi connectivity index (χ1) is 18.0. The van der Waals surface area contributed by atoms with E-state index in [1.54, 1.807) is 42.5 Å². The van der Waals surface area contributed by atoms with Crippen molar-refractivity contribution in [3.05, 3.63) is 113 Å². The Hall–Kier alpha value is -4.00. The van der Waals surface area contributed by atoms with Gasteiger partial charge in [0.15, 0.2) is 0 Å². The maximum atomic E-state index is 12.9. The van der Waals surface area contributed by atoms with Gasteiger partial charge in [-0.05, 0) is 73.2 Å². The van der Waals surface area contributed by atoms with Gasteiger partial charge in [-0.3, -0.25) is 9.59 Å². The van der Waals surface area contributed by atoms with Crippen molar-refractivity contribution in [1.82, 2.24) is 0 Å². The Morgan fingerprint density at radius 1 is 0.730 bits per heavy atom. The summed E-state index contributed by atoms with van der Waals surface area (Å²) in [6.07, 6.45) is 0.694.